The van der Waals surface area contributed by atoms with Crippen LogP contribution in [0.2, 0.25) is 0 Å². The Morgan fingerprint density at radius 1 is 0.296 bits per heavy atom. The Morgan fingerprint density at radius 2 is 0.531 bits per heavy atom. The van der Waals surface area contributed by atoms with E-state index in [4.69, 9.17) is 37.0 Å². The van der Waals surface area contributed by atoms with Crippen LogP contribution in [0.15, 0.2) is 72.9 Å². The summed E-state index contributed by atoms with van der Waals surface area (Å²) < 4.78 is 68.5. The van der Waals surface area contributed by atoms with Gasteiger partial charge in [0.2, 0.25) is 0 Å². The number of carbonyl (C=O) groups is 4. The van der Waals surface area contributed by atoms with Crippen molar-refractivity contribution in [3.05, 3.63) is 72.9 Å². The molecule has 0 aromatic heterocycles. The van der Waals surface area contributed by atoms with E-state index < -0.39 is 97.5 Å². The predicted molar refractivity (Wildman–Crippen MR) is 400 cm³/mol. The molecule has 2 unspecified atom stereocenters. The van der Waals surface area contributed by atoms with Crippen LogP contribution in [0, 0.1) is 0 Å². The predicted octanol–water partition coefficient (Wildman–Crippen LogP) is 22.4. The largest absolute Gasteiger partial charge is 0.472 e. The molecule has 0 saturated heterocycles. The molecule has 17 nitrogen and oxygen atoms in total. The van der Waals surface area contributed by atoms with E-state index >= 15 is 0 Å². The molecule has 0 aromatic carbocycles. The number of hydrogen-bond donors (Lipinski definition) is 3. The van der Waals surface area contributed by atoms with Crippen LogP contribution in [0.5, 0.6) is 0 Å². The molecule has 0 radical (unpaired) electrons. The van der Waals surface area contributed by atoms with Crippen molar-refractivity contribution in [2.75, 3.05) is 39.6 Å². The molecule has 19 heteroatoms. The molecule has 0 spiro atoms. The average Bonchev–Trinajstić information content (AvgIpc) is 1.05. The third kappa shape index (κ3) is 70.9. The van der Waals surface area contributed by atoms with Crippen LogP contribution in [-0.4, -0.2) is 96.7 Å². The number of unbranched alkanes of at least 4 members (excludes halogenated alkanes) is 37. The molecule has 570 valence electrons. The van der Waals surface area contributed by atoms with Crippen molar-refractivity contribution in [2.45, 2.75) is 367 Å². The van der Waals surface area contributed by atoms with Crippen LogP contribution in [-0.2, 0) is 65.4 Å². The Bertz CT molecular complexity index is 2140. The van der Waals surface area contributed by atoms with Crippen LogP contribution in [0.3, 0.4) is 0 Å². The van der Waals surface area contributed by atoms with E-state index in [1.165, 1.54) is 109 Å². The number of phosphoric acid groups is 2. The lowest BCUT2D eigenvalue weighted by molar-refractivity contribution is -0.161. The second-order valence-electron chi connectivity index (χ2n) is 26.3. The topological polar surface area (TPSA) is 237 Å². The first-order chi connectivity index (χ1) is 47.7. The van der Waals surface area contributed by atoms with Crippen molar-refractivity contribution in [2.24, 2.45) is 0 Å². The lowest BCUT2D eigenvalue weighted by Crippen LogP contribution is -2.30. The maximum Gasteiger partial charge on any atom is 0.472 e. The Kier molecular flexibility index (Phi) is 69.3. The van der Waals surface area contributed by atoms with Crippen LogP contribution < -0.4 is 0 Å². The van der Waals surface area contributed by atoms with Gasteiger partial charge in [0, 0.05) is 25.7 Å². The summed E-state index contributed by atoms with van der Waals surface area (Å²) in [6.45, 7) is 4.80. The average molecular weight is 1430 g/mol. The lowest BCUT2D eigenvalue weighted by atomic mass is 10.1. The summed E-state index contributed by atoms with van der Waals surface area (Å²) in [5.74, 6) is -2.20. The summed E-state index contributed by atoms with van der Waals surface area (Å²) >= 11 is 0. The van der Waals surface area contributed by atoms with E-state index in [0.717, 1.165) is 161 Å². The Balaban J connectivity index is 5.37. The number of ether oxygens (including phenoxy) is 4. The van der Waals surface area contributed by atoms with Crippen LogP contribution in [0.4, 0.5) is 0 Å². The molecule has 0 heterocycles. The van der Waals surface area contributed by atoms with Gasteiger partial charge in [-0.1, -0.05) is 261 Å². The van der Waals surface area contributed by atoms with E-state index in [2.05, 4.69) is 101 Å². The molecule has 0 aliphatic heterocycles. The molecule has 0 fully saturated rings. The number of hydrogen-bond acceptors (Lipinski definition) is 15. The maximum atomic E-state index is 13.1. The van der Waals surface area contributed by atoms with Crippen molar-refractivity contribution < 1.29 is 80.2 Å². The number of rotatable bonds is 74. The molecule has 0 bridgehead atoms. The number of carbonyl (C=O) groups excluding carboxylic acids is 4. The fourth-order valence-corrected chi connectivity index (χ4v) is 12.2. The van der Waals surface area contributed by atoms with Crippen molar-refractivity contribution in [3.63, 3.8) is 0 Å². The molecular formula is C79H142O17P2. The molecule has 0 aromatic rings. The SMILES string of the molecule is CCCCC/C=C\C/C=C\CCCCCCCC(=O)O[C@H](COC(=O)CCCCCCC/C=C\CCCCCC)COP(=O)(O)OC[C@@H](O)COP(=O)(O)OC[C@@H](COC(=O)CCCCCCC/C=C\CCCCCCCC)OC(=O)CCCCCCC/C=C\C=C/CCCCCC. The number of allylic oxidation sites excluding steroid dienone is 12. The molecule has 98 heavy (non-hydrogen) atoms. The molecule has 0 amide bonds. The van der Waals surface area contributed by atoms with Crippen molar-refractivity contribution in [1.82, 2.24) is 0 Å². The minimum absolute atomic E-state index is 0.0781. The quantitative estimate of drug-likeness (QED) is 0.0128. The zero-order chi connectivity index (χ0) is 71.8. The highest BCUT2D eigenvalue weighted by Crippen LogP contribution is 2.45. The Labute approximate surface area is 596 Å². The summed E-state index contributed by atoms with van der Waals surface area (Å²) in [6.07, 6.45) is 71.6. The van der Waals surface area contributed by atoms with Gasteiger partial charge in [0.15, 0.2) is 12.2 Å². The molecule has 0 aliphatic carbocycles. The van der Waals surface area contributed by atoms with Gasteiger partial charge in [-0.2, -0.15) is 0 Å². The number of aliphatic hydroxyl groups excluding tert-OH is 1. The van der Waals surface area contributed by atoms with Gasteiger partial charge in [-0.05, 0) is 135 Å². The van der Waals surface area contributed by atoms with Crippen LogP contribution in [0.1, 0.15) is 349 Å². The first-order valence-corrected chi connectivity index (χ1v) is 42.2. The standard InChI is InChI=1S/C79H142O17P2/c1-5-9-13-17-21-25-29-33-36-40-44-48-52-56-60-64-77(82)90-70-75(96-79(84)66-62-58-54-50-46-42-38-35-31-27-23-19-15-11-7-3)72-94-98(87,88)92-68-73(80)67-91-97(85,86)93-71-74(69-89-76(81)63-59-55-51-47-43-39-32-28-24-20-16-12-8-4)95-78(83)65-61-57-53-49-45-41-37-34-30-26-22-18-14-10-6-2/h22,26-28,31-38,73-75,80H,5-21,23-25,29-30,39-72H2,1-4H3,(H,85,86)(H,87,88)/b26-22-,31-27-,32-28-,36-33-,37-34-,38-35-/t73-,74-,75-/m1/s1. The monoisotopic (exact) mass is 1420 g/mol. The highest BCUT2D eigenvalue weighted by molar-refractivity contribution is 7.47. The summed E-state index contributed by atoms with van der Waals surface area (Å²) in [7, 11) is -9.95. The van der Waals surface area contributed by atoms with E-state index in [1.54, 1.807) is 0 Å². The number of esters is 4. The van der Waals surface area contributed by atoms with E-state index in [9.17, 15) is 43.2 Å². The second kappa shape index (κ2) is 71.9. The van der Waals surface area contributed by atoms with E-state index in [-0.39, 0.29) is 25.7 Å². The molecule has 0 aliphatic rings. The third-order valence-electron chi connectivity index (χ3n) is 16.6. The van der Waals surface area contributed by atoms with Gasteiger partial charge in [0.05, 0.1) is 26.4 Å². The van der Waals surface area contributed by atoms with E-state index in [1.807, 2.05) is 0 Å². The van der Waals surface area contributed by atoms with Crippen LogP contribution in [0.25, 0.3) is 0 Å². The summed E-state index contributed by atoms with van der Waals surface area (Å²) in [5.41, 5.74) is 0. The molecule has 5 atom stereocenters. The second-order valence-corrected chi connectivity index (χ2v) is 29.2. The number of aliphatic hydroxyl groups is 1. The summed E-state index contributed by atoms with van der Waals surface area (Å²) in [5, 5.41) is 10.6. The first-order valence-electron chi connectivity index (χ1n) is 39.2. The van der Waals surface area contributed by atoms with Gasteiger partial charge in [-0.3, -0.25) is 37.3 Å². The summed E-state index contributed by atoms with van der Waals surface area (Å²) in [4.78, 5) is 72.9. The Hall–Kier alpha value is -3.50. The van der Waals surface area contributed by atoms with Crippen molar-refractivity contribution in [3.8, 4) is 0 Å². The van der Waals surface area contributed by atoms with Crippen molar-refractivity contribution >= 4 is 39.5 Å². The molecule has 3 N–H and O–H groups in total. The van der Waals surface area contributed by atoms with Gasteiger partial charge >= 0.3 is 39.5 Å². The maximum absolute atomic E-state index is 13.1. The minimum atomic E-state index is -4.98. The smallest absolute Gasteiger partial charge is 0.462 e. The van der Waals surface area contributed by atoms with Crippen molar-refractivity contribution in [1.29, 1.82) is 0 Å². The highest BCUT2D eigenvalue weighted by Gasteiger charge is 2.30. The minimum Gasteiger partial charge on any atom is -0.462 e. The van der Waals surface area contributed by atoms with Gasteiger partial charge < -0.3 is 33.8 Å². The Morgan fingerprint density at radius 3 is 0.857 bits per heavy atom. The summed E-state index contributed by atoms with van der Waals surface area (Å²) in [6, 6.07) is 0. The zero-order valence-corrected chi connectivity index (χ0v) is 64.0. The van der Waals surface area contributed by atoms with Gasteiger partial charge in [0.1, 0.15) is 19.3 Å². The fourth-order valence-electron chi connectivity index (χ4n) is 10.6. The molecule has 0 rings (SSSR count). The van der Waals surface area contributed by atoms with Gasteiger partial charge in [0.25, 0.3) is 0 Å². The fraction of sp³-hybridized carbons (Fsp3) is 0.797. The first kappa shape index (κ1) is 94.5. The number of phosphoric ester groups is 2. The highest BCUT2D eigenvalue weighted by atomic mass is 31.2. The van der Waals surface area contributed by atoms with Gasteiger partial charge in [-0.15, -0.1) is 0 Å². The molecule has 0 saturated carbocycles. The normalized spacial score (nSPS) is 14.3. The lowest BCUT2D eigenvalue weighted by Gasteiger charge is -2.21. The molecular weight excluding hydrogens is 1280 g/mol. The van der Waals surface area contributed by atoms with Gasteiger partial charge in [-0.25, -0.2) is 9.13 Å². The van der Waals surface area contributed by atoms with Crippen LogP contribution >= 0.6 is 15.6 Å². The van der Waals surface area contributed by atoms with E-state index in [0.29, 0.717) is 25.7 Å². The zero-order valence-electron chi connectivity index (χ0n) is 62.2. The third-order valence-corrected chi connectivity index (χ3v) is 18.5.